The first-order valence-corrected chi connectivity index (χ1v) is 12.3. The molecule has 0 atom stereocenters. The lowest BCUT2D eigenvalue weighted by Crippen LogP contribution is -2.30. The number of nitrogens with zero attached hydrogens (tertiary/aromatic N) is 4. The van der Waals surface area contributed by atoms with Crippen molar-refractivity contribution < 1.29 is 4.79 Å². The van der Waals surface area contributed by atoms with E-state index in [-0.39, 0.29) is 11.7 Å². The predicted octanol–water partition coefficient (Wildman–Crippen LogP) is 5.00. The van der Waals surface area contributed by atoms with E-state index in [0.717, 1.165) is 41.9 Å². The summed E-state index contributed by atoms with van der Waals surface area (Å²) < 4.78 is 2.15. The summed E-state index contributed by atoms with van der Waals surface area (Å²) in [7, 11) is 0. The Balaban J connectivity index is 1.46. The van der Waals surface area contributed by atoms with E-state index in [1.54, 1.807) is 0 Å². The average molecular weight is 470 g/mol. The lowest BCUT2D eigenvalue weighted by molar-refractivity contribution is -0.113. The maximum Gasteiger partial charge on any atom is 0.234 e. The second-order valence-electron chi connectivity index (χ2n) is 8.06. The van der Waals surface area contributed by atoms with Crippen LogP contribution < -0.4 is 5.32 Å². The molecule has 0 bridgehead atoms. The molecule has 0 spiro atoms. The molecule has 6 nitrogen and oxygen atoms in total. The van der Waals surface area contributed by atoms with Crippen molar-refractivity contribution in [2.24, 2.45) is 0 Å². The first-order valence-electron chi connectivity index (χ1n) is 11.0. The van der Waals surface area contributed by atoms with Gasteiger partial charge in [0.05, 0.1) is 18.8 Å². The molecule has 2 aromatic carbocycles. The summed E-state index contributed by atoms with van der Waals surface area (Å²) in [5.74, 6) is 1.11. The van der Waals surface area contributed by atoms with Crippen molar-refractivity contribution in [2.75, 3.05) is 24.2 Å². The SMILES string of the molecule is Cc1c(Cl)cccc1NC(=O)CSc1nnc(CN2CCCCC2)n1Cc1ccccc1. The van der Waals surface area contributed by atoms with E-state index in [0.29, 0.717) is 11.6 Å². The van der Waals surface area contributed by atoms with Gasteiger partial charge >= 0.3 is 0 Å². The first-order chi connectivity index (χ1) is 15.6. The Morgan fingerprint density at radius 1 is 1.03 bits per heavy atom. The fraction of sp³-hybridized carbons (Fsp3) is 0.375. The Bertz CT molecular complexity index is 1050. The van der Waals surface area contributed by atoms with Gasteiger partial charge in [0, 0.05) is 10.7 Å². The zero-order valence-electron chi connectivity index (χ0n) is 18.3. The molecule has 32 heavy (non-hydrogen) atoms. The van der Waals surface area contributed by atoms with E-state index in [1.807, 2.05) is 43.3 Å². The molecule has 0 saturated carbocycles. The molecule has 2 heterocycles. The average Bonchev–Trinajstić information content (AvgIpc) is 3.18. The Labute approximate surface area is 198 Å². The van der Waals surface area contributed by atoms with Crippen molar-refractivity contribution in [3.05, 3.63) is 70.5 Å². The maximum absolute atomic E-state index is 12.6. The highest BCUT2D eigenvalue weighted by molar-refractivity contribution is 7.99. The monoisotopic (exact) mass is 469 g/mol. The van der Waals surface area contributed by atoms with Gasteiger partial charge in [-0.15, -0.1) is 10.2 Å². The van der Waals surface area contributed by atoms with Gasteiger partial charge in [0.1, 0.15) is 5.82 Å². The van der Waals surface area contributed by atoms with Crippen molar-refractivity contribution in [2.45, 2.75) is 44.4 Å². The third-order valence-electron chi connectivity index (χ3n) is 5.66. The zero-order valence-corrected chi connectivity index (χ0v) is 19.8. The van der Waals surface area contributed by atoms with Crippen LogP contribution in [0, 0.1) is 6.92 Å². The van der Waals surface area contributed by atoms with Crippen LogP contribution in [0.25, 0.3) is 0 Å². The number of hydrogen-bond acceptors (Lipinski definition) is 5. The minimum Gasteiger partial charge on any atom is -0.325 e. The molecule has 3 aromatic rings. The number of rotatable bonds is 8. The molecular weight excluding hydrogens is 442 g/mol. The Morgan fingerprint density at radius 3 is 2.59 bits per heavy atom. The molecule has 0 radical (unpaired) electrons. The quantitative estimate of drug-likeness (QED) is 0.470. The van der Waals surface area contributed by atoms with Gasteiger partial charge in [0.25, 0.3) is 0 Å². The van der Waals surface area contributed by atoms with Crippen LogP contribution in [0.5, 0.6) is 0 Å². The van der Waals surface area contributed by atoms with Crippen LogP contribution in [0.2, 0.25) is 5.02 Å². The van der Waals surface area contributed by atoms with Crippen LogP contribution in [0.1, 0.15) is 36.2 Å². The van der Waals surface area contributed by atoms with Crippen LogP contribution in [0.15, 0.2) is 53.7 Å². The molecule has 1 aliphatic rings. The van der Waals surface area contributed by atoms with Crippen molar-refractivity contribution in [1.82, 2.24) is 19.7 Å². The molecule has 1 saturated heterocycles. The van der Waals surface area contributed by atoms with Gasteiger partial charge in [-0.1, -0.05) is 66.2 Å². The summed E-state index contributed by atoms with van der Waals surface area (Å²) >= 11 is 7.58. The third-order valence-corrected chi connectivity index (χ3v) is 7.04. The van der Waals surface area contributed by atoms with Gasteiger partial charge in [0.2, 0.25) is 5.91 Å². The van der Waals surface area contributed by atoms with Crippen molar-refractivity contribution in [1.29, 1.82) is 0 Å². The standard InChI is InChI=1S/C24H28ClN5OS/c1-18-20(25)11-8-12-21(18)26-23(31)17-32-24-28-27-22(16-29-13-6-3-7-14-29)30(24)15-19-9-4-2-5-10-19/h2,4-5,8-12H,3,6-7,13-17H2,1H3,(H,26,31). The predicted molar refractivity (Wildman–Crippen MR) is 130 cm³/mol. The van der Waals surface area contributed by atoms with E-state index in [4.69, 9.17) is 11.6 Å². The van der Waals surface area contributed by atoms with Gasteiger partial charge in [-0.3, -0.25) is 9.69 Å². The van der Waals surface area contributed by atoms with Gasteiger partial charge in [-0.05, 0) is 56.1 Å². The normalized spacial score (nSPS) is 14.4. The molecule has 168 valence electrons. The van der Waals surface area contributed by atoms with E-state index in [1.165, 1.54) is 36.6 Å². The molecule has 1 N–H and O–H groups in total. The first kappa shape index (κ1) is 22.8. The van der Waals surface area contributed by atoms with Gasteiger partial charge in [-0.25, -0.2) is 0 Å². The van der Waals surface area contributed by atoms with Crippen molar-refractivity contribution >= 4 is 35.0 Å². The number of anilines is 1. The smallest absolute Gasteiger partial charge is 0.234 e. The molecule has 1 aliphatic heterocycles. The number of amides is 1. The highest BCUT2D eigenvalue weighted by atomic mass is 35.5. The summed E-state index contributed by atoms with van der Waals surface area (Å²) in [6.07, 6.45) is 3.77. The summed E-state index contributed by atoms with van der Waals surface area (Å²) in [6.45, 7) is 5.57. The molecule has 1 aromatic heterocycles. The van der Waals surface area contributed by atoms with Crippen LogP contribution in [-0.2, 0) is 17.9 Å². The summed E-state index contributed by atoms with van der Waals surface area (Å²) in [6, 6.07) is 15.8. The summed E-state index contributed by atoms with van der Waals surface area (Å²) in [5.41, 5.74) is 2.79. The number of carbonyl (C=O) groups is 1. The highest BCUT2D eigenvalue weighted by Crippen LogP contribution is 2.24. The second kappa shape index (κ2) is 11.0. The zero-order chi connectivity index (χ0) is 22.3. The third kappa shape index (κ3) is 5.91. The van der Waals surface area contributed by atoms with Crippen molar-refractivity contribution in [3.8, 4) is 0 Å². The number of carbonyl (C=O) groups excluding carboxylic acids is 1. The van der Waals surface area contributed by atoms with Crippen LogP contribution in [0.4, 0.5) is 5.69 Å². The fourth-order valence-corrected chi connectivity index (χ4v) is 4.78. The molecule has 1 amide bonds. The summed E-state index contributed by atoms with van der Waals surface area (Å²) in [5, 5.41) is 13.3. The number of nitrogens with one attached hydrogen (secondary N) is 1. The Morgan fingerprint density at radius 2 is 1.81 bits per heavy atom. The molecule has 4 rings (SSSR count). The fourth-order valence-electron chi connectivity index (χ4n) is 3.84. The van der Waals surface area contributed by atoms with Gasteiger partial charge in [0.15, 0.2) is 5.16 Å². The van der Waals surface area contributed by atoms with E-state index in [9.17, 15) is 4.79 Å². The molecule has 0 unspecified atom stereocenters. The second-order valence-corrected chi connectivity index (χ2v) is 9.41. The Hall–Kier alpha value is -2.35. The van der Waals surface area contributed by atoms with Crippen LogP contribution in [0.3, 0.4) is 0 Å². The largest absolute Gasteiger partial charge is 0.325 e. The van der Waals surface area contributed by atoms with Crippen LogP contribution in [-0.4, -0.2) is 44.4 Å². The van der Waals surface area contributed by atoms with Gasteiger partial charge in [-0.2, -0.15) is 0 Å². The number of hydrogen-bond donors (Lipinski definition) is 1. The Kier molecular flexibility index (Phi) is 7.84. The molecule has 8 heteroatoms. The topological polar surface area (TPSA) is 63.1 Å². The lowest BCUT2D eigenvalue weighted by atomic mass is 10.1. The lowest BCUT2D eigenvalue weighted by Gasteiger charge is -2.26. The number of thioether (sulfide) groups is 1. The van der Waals surface area contributed by atoms with Crippen LogP contribution >= 0.6 is 23.4 Å². The van der Waals surface area contributed by atoms with E-state index in [2.05, 4.69) is 37.1 Å². The minimum atomic E-state index is -0.0905. The molecule has 0 aliphatic carbocycles. The van der Waals surface area contributed by atoms with Crippen molar-refractivity contribution in [3.63, 3.8) is 0 Å². The molecule has 1 fully saturated rings. The number of aromatic nitrogens is 3. The van der Waals surface area contributed by atoms with E-state index < -0.39 is 0 Å². The highest BCUT2D eigenvalue weighted by Gasteiger charge is 2.19. The maximum atomic E-state index is 12.6. The minimum absolute atomic E-state index is 0.0905. The van der Waals surface area contributed by atoms with Gasteiger partial charge < -0.3 is 9.88 Å². The molecular formula is C24H28ClN5OS. The summed E-state index contributed by atoms with van der Waals surface area (Å²) in [4.78, 5) is 15.0. The number of benzene rings is 2. The number of halogens is 1. The number of likely N-dealkylation sites (tertiary alicyclic amines) is 1. The number of piperidine rings is 1. The van der Waals surface area contributed by atoms with E-state index >= 15 is 0 Å².